The summed E-state index contributed by atoms with van der Waals surface area (Å²) in [5.74, 6) is 2.63. The second kappa shape index (κ2) is 16.4. The minimum atomic E-state index is 0.875. The summed E-state index contributed by atoms with van der Waals surface area (Å²) >= 11 is 0. The maximum Gasteiger partial charge on any atom is -0.0469 e. The van der Waals surface area contributed by atoms with Crippen molar-refractivity contribution in [2.75, 3.05) is 0 Å². The smallest absolute Gasteiger partial charge is 0.0469 e. The van der Waals surface area contributed by atoms with E-state index in [0.717, 1.165) is 17.8 Å². The summed E-state index contributed by atoms with van der Waals surface area (Å²) in [6.45, 7) is 19.9. The molecule has 0 saturated heterocycles. The van der Waals surface area contributed by atoms with E-state index < -0.39 is 0 Å². The minimum Gasteiger partial charge on any atom is -0.0656 e. The third-order valence-electron chi connectivity index (χ3n) is 1.76. The second-order valence-electron chi connectivity index (χ2n) is 5.53. The number of rotatable bonds is 3. The summed E-state index contributed by atoms with van der Waals surface area (Å²) in [6.07, 6.45) is 3.92. The van der Waals surface area contributed by atoms with Crippen LogP contribution in [-0.2, 0) is 0 Å². The van der Waals surface area contributed by atoms with Gasteiger partial charge in [-0.1, -0.05) is 75.2 Å². The molecule has 0 saturated carbocycles. The summed E-state index contributed by atoms with van der Waals surface area (Å²) in [5.41, 5.74) is 0. The number of hydrogen-bond acceptors (Lipinski definition) is 0. The average Bonchev–Trinajstić information content (AvgIpc) is 2.04. The van der Waals surface area contributed by atoms with Crippen molar-refractivity contribution in [1.82, 2.24) is 0 Å². The lowest BCUT2D eigenvalue weighted by atomic mass is 10.0. The van der Waals surface area contributed by atoms with E-state index in [9.17, 15) is 0 Å². The van der Waals surface area contributed by atoms with Gasteiger partial charge in [0.2, 0.25) is 0 Å². The van der Waals surface area contributed by atoms with Crippen molar-refractivity contribution in [2.45, 2.75) is 81.6 Å². The van der Waals surface area contributed by atoms with Crippen LogP contribution in [0.25, 0.3) is 0 Å². The van der Waals surface area contributed by atoms with E-state index in [1.807, 2.05) is 0 Å². The average molecular weight is 216 g/mol. The summed E-state index contributed by atoms with van der Waals surface area (Å²) in [6, 6.07) is 0. The largest absolute Gasteiger partial charge is 0.0656 e. The Kier molecular flexibility index (Phi) is 22.4. The molecule has 0 rings (SSSR count). The fourth-order valence-corrected chi connectivity index (χ4v) is 0.943. The quantitative estimate of drug-likeness (QED) is 0.530. The van der Waals surface area contributed by atoms with Crippen LogP contribution in [0.5, 0.6) is 0 Å². The monoisotopic (exact) mass is 216 g/mol. The second-order valence-corrected chi connectivity index (χ2v) is 5.53. The van der Waals surface area contributed by atoms with Gasteiger partial charge in [0.15, 0.2) is 0 Å². The van der Waals surface area contributed by atoms with Crippen LogP contribution >= 0.6 is 0 Å². The van der Waals surface area contributed by atoms with Crippen LogP contribution in [0, 0.1) is 17.8 Å². The van der Waals surface area contributed by atoms with Gasteiger partial charge in [0.05, 0.1) is 0 Å². The molecule has 0 fully saturated rings. The molecule has 0 aromatic rings. The van der Waals surface area contributed by atoms with E-state index in [1.54, 1.807) is 0 Å². The molecule has 0 unspecified atom stereocenters. The molecule has 0 atom stereocenters. The van der Waals surface area contributed by atoms with E-state index in [-0.39, 0.29) is 0 Å². The zero-order chi connectivity index (χ0) is 12.9. The predicted octanol–water partition coefficient (Wildman–Crippen LogP) is 6.16. The first-order valence-corrected chi connectivity index (χ1v) is 6.81. The molecule has 0 N–H and O–H groups in total. The van der Waals surface area contributed by atoms with Gasteiger partial charge in [-0.3, -0.25) is 0 Å². The highest BCUT2D eigenvalue weighted by Gasteiger charge is 1.95. The van der Waals surface area contributed by atoms with Crippen molar-refractivity contribution < 1.29 is 0 Å². The van der Waals surface area contributed by atoms with Crippen molar-refractivity contribution in [2.24, 2.45) is 17.8 Å². The van der Waals surface area contributed by atoms with Gasteiger partial charge in [0.25, 0.3) is 0 Å². The van der Waals surface area contributed by atoms with Crippen molar-refractivity contribution in [1.29, 1.82) is 0 Å². The van der Waals surface area contributed by atoms with Crippen LogP contribution in [0.4, 0.5) is 0 Å². The maximum absolute atomic E-state index is 2.26. The van der Waals surface area contributed by atoms with Gasteiger partial charge in [-0.25, -0.2) is 0 Å². The van der Waals surface area contributed by atoms with Gasteiger partial charge in [-0.05, 0) is 24.2 Å². The van der Waals surface area contributed by atoms with Crippen LogP contribution < -0.4 is 0 Å². The van der Waals surface area contributed by atoms with Crippen molar-refractivity contribution >= 4 is 0 Å². The molecule has 0 aromatic carbocycles. The first-order valence-electron chi connectivity index (χ1n) is 6.81. The molecule has 0 spiro atoms. The predicted molar refractivity (Wildman–Crippen MR) is 75.4 cm³/mol. The van der Waals surface area contributed by atoms with E-state index in [2.05, 4.69) is 62.3 Å². The lowest BCUT2D eigenvalue weighted by Gasteiger charge is -2.05. The topological polar surface area (TPSA) is 0 Å². The van der Waals surface area contributed by atoms with E-state index in [0.29, 0.717) is 0 Å². The Morgan fingerprint density at radius 3 is 0.800 bits per heavy atom. The van der Waals surface area contributed by atoms with Gasteiger partial charge < -0.3 is 0 Å². The van der Waals surface area contributed by atoms with E-state index in [1.165, 1.54) is 19.3 Å². The molecular weight excluding hydrogens is 180 g/mol. The zero-order valence-electron chi connectivity index (χ0n) is 12.9. The summed E-state index contributed by atoms with van der Waals surface area (Å²) in [5, 5.41) is 0. The Morgan fingerprint density at radius 1 is 0.600 bits per heavy atom. The van der Waals surface area contributed by atoms with Crippen LogP contribution in [0.15, 0.2) is 0 Å². The molecule has 0 heterocycles. The normalized spacial score (nSPS) is 9.60. The molecule has 0 aliphatic heterocycles. The summed E-state index contributed by atoms with van der Waals surface area (Å²) in [4.78, 5) is 0. The number of hydrogen-bond donors (Lipinski definition) is 0. The Morgan fingerprint density at radius 2 is 0.800 bits per heavy atom. The first-order chi connectivity index (χ1) is 6.81. The molecular formula is C15H36. The Hall–Kier alpha value is 0. The van der Waals surface area contributed by atoms with Crippen molar-refractivity contribution in [3.63, 3.8) is 0 Å². The molecule has 0 radical (unpaired) electrons. The van der Waals surface area contributed by atoms with E-state index >= 15 is 0 Å². The summed E-state index contributed by atoms with van der Waals surface area (Å²) in [7, 11) is 0. The molecule has 15 heavy (non-hydrogen) atoms. The Labute approximate surface area is 99.9 Å². The fraction of sp³-hybridized carbons (Fsp3) is 1.00. The van der Waals surface area contributed by atoms with Gasteiger partial charge in [0.1, 0.15) is 0 Å². The zero-order valence-corrected chi connectivity index (χ0v) is 12.9. The molecule has 0 aromatic heterocycles. The third kappa shape index (κ3) is 56.0. The molecule has 96 valence electrons. The minimum absolute atomic E-state index is 0.875. The molecule has 0 bridgehead atoms. The highest BCUT2D eigenvalue weighted by atomic mass is 14.0. The van der Waals surface area contributed by atoms with Crippen LogP contribution in [0.1, 0.15) is 81.6 Å². The highest BCUT2D eigenvalue weighted by Crippen LogP contribution is 2.08. The van der Waals surface area contributed by atoms with Gasteiger partial charge in [0, 0.05) is 0 Å². The standard InChI is InChI=1S/C7H16.C5H12.C3H8/c1-6(2)5-7(3)4;1-4-5(2)3;1-3-2/h6-7H,5H2,1-4H3;5H,4H2,1-3H3;3H2,1-2H3. The maximum atomic E-state index is 2.26. The molecule has 0 heteroatoms. The van der Waals surface area contributed by atoms with Crippen LogP contribution in [-0.4, -0.2) is 0 Å². The summed E-state index contributed by atoms with van der Waals surface area (Å²) < 4.78 is 0. The lowest BCUT2D eigenvalue weighted by molar-refractivity contribution is 0.469. The first kappa shape index (κ1) is 20.4. The SMILES string of the molecule is CC(C)CC(C)C.CCC.CCC(C)C. The fourth-order valence-electron chi connectivity index (χ4n) is 0.943. The molecule has 0 aliphatic carbocycles. The van der Waals surface area contributed by atoms with Gasteiger partial charge >= 0.3 is 0 Å². The molecule has 0 amide bonds. The third-order valence-corrected chi connectivity index (χ3v) is 1.76. The van der Waals surface area contributed by atoms with Crippen LogP contribution in [0.3, 0.4) is 0 Å². The lowest BCUT2D eigenvalue weighted by Crippen LogP contribution is -1.93. The highest BCUT2D eigenvalue weighted by molar-refractivity contribution is 4.47. The Balaban J connectivity index is -0.000000158. The van der Waals surface area contributed by atoms with Gasteiger partial charge in [-0.15, -0.1) is 0 Å². The van der Waals surface area contributed by atoms with Crippen molar-refractivity contribution in [3.05, 3.63) is 0 Å². The Bertz CT molecular complexity index is 74.0. The van der Waals surface area contributed by atoms with Crippen molar-refractivity contribution in [3.8, 4) is 0 Å². The molecule has 0 aliphatic rings. The molecule has 0 nitrogen and oxygen atoms in total. The van der Waals surface area contributed by atoms with Crippen LogP contribution in [0.2, 0.25) is 0 Å². The van der Waals surface area contributed by atoms with Gasteiger partial charge in [-0.2, -0.15) is 0 Å². The van der Waals surface area contributed by atoms with E-state index in [4.69, 9.17) is 0 Å².